The van der Waals surface area contributed by atoms with Gasteiger partial charge in [0.2, 0.25) is 0 Å². The highest BCUT2D eigenvalue weighted by atomic mass is 16.5. The average molecular weight is 395 g/mol. The van der Waals surface area contributed by atoms with Crippen LogP contribution in [0, 0.1) is 0 Å². The molecule has 0 saturated carbocycles. The number of carbonyl (C=O) groups is 1. The predicted octanol–water partition coefficient (Wildman–Crippen LogP) is 1.17. The number of ether oxygens (including phenoxy) is 1. The van der Waals surface area contributed by atoms with E-state index in [1.54, 1.807) is 24.9 Å². The number of aromatic nitrogens is 5. The summed E-state index contributed by atoms with van der Waals surface area (Å²) in [5.41, 5.74) is 1.30. The molecule has 4 aromatic rings. The zero-order valence-corrected chi connectivity index (χ0v) is 16.5. The SMILES string of the molecule is Cn1cc(C(=O)OCCCn2c(=O)c3c(ncn3C)n(C)c2=O)c2ccccc21. The van der Waals surface area contributed by atoms with Crippen molar-refractivity contribution in [2.24, 2.45) is 21.1 Å². The number of carbonyl (C=O) groups excluding carboxylic acids is 1. The van der Waals surface area contributed by atoms with Crippen LogP contribution in [0.3, 0.4) is 0 Å². The quantitative estimate of drug-likeness (QED) is 0.374. The first-order chi connectivity index (χ1) is 13.9. The Hall–Kier alpha value is -3.62. The molecule has 0 aliphatic rings. The van der Waals surface area contributed by atoms with Gasteiger partial charge in [0.15, 0.2) is 11.2 Å². The Bertz CT molecular complexity index is 1360. The van der Waals surface area contributed by atoms with Crippen molar-refractivity contribution < 1.29 is 9.53 Å². The number of rotatable bonds is 5. The van der Waals surface area contributed by atoms with Crippen LogP contribution in [0.1, 0.15) is 16.8 Å². The van der Waals surface area contributed by atoms with Crippen molar-refractivity contribution in [3.63, 3.8) is 0 Å². The summed E-state index contributed by atoms with van der Waals surface area (Å²) in [5.74, 6) is -0.427. The molecule has 1 aromatic carbocycles. The van der Waals surface area contributed by atoms with E-state index in [1.807, 2.05) is 35.9 Å². The second-order valence-electron chi connectivity index (χ2n) is 6.99. The van der Waals surface area contributed by atoms with Crippen LogP contribution in [0.2, 0.25) is 0 Å². The molecule has 0 bridgehead atoms. The van der Waals surface area contributed by atoms with Crippen LogP contribution in [0.15, 0.2) is 46.4 Å². The van der Waals surface area contributed by atoms with Crippen LogP contribution < -0.4 is 11.2 Å². The average Bonchev–Trinajstić information content (AvgIpc) is 3.26. The summed E-state index contributed by atoms with van der Waals surface area (Å²) in [6.45, 7) is 0.247. The van der Waals surface area contributed by atoms with Crippen LogP contribution in [0.4, 0.5) is 0 Å². The lowest BCUT2D eigenvalue weighted by Gasteiger charge is -2.09. The molecule has 0 unspecified atom stereocenters. The van der Waals surface area contributed by atoms with Crippen LogP contribution in [-0.2, 0) is 32.4 Å². The molecule has 0 atom stereocenters. The molecule has 29 heavy (non-hydrogen) atoms. The lowest BCUT2D eigenvalue weighted by molar-refractivity contribution is 0.0497. The molecule has 0 N–H and O–H groups in total. The van der Waals surface area contributed by atoms with Crippen molar-refractivity contribution in [1.82, 2.24) is 23.3 Å². The van der Waals surface area contributed by atoms with Crippen molar-refractivity contribution in [3.05, 3.63) is 63.2 Å². The summed E-state index contributed by atoms with van der Waals surface area (Å²) in [6, 6.07) is 7.59. The number of imidazole rings is 1. The maximum atomic E-state index is 12.7. The first kappa shape index (κ1) is 18.7. The second kappa shape index (κ2) is 7.08. The minimum absolute atomic E-state index is 0.0983. The molecule has 150 valence electrons. The van der Waals surface area contributed by atoms with Gasteiger partial charge in [-0.25, -0.2) is 14.6 Å². The summed E-state index contributed by atoms with van der Waals surface area (Å²) in [4.78, 5) is 41.7. The van der Waals surface area contributed by atoms with Crippen molar-refractivity contribution in [2.45, 2.75) is 13.0 Å². The maximum Gasteiger partial charge on any atom is 0.340 e. The van der Waals surface area contributed by atoms with Gasteiger partial charge in [-0.1, -0.05) is 18.2 Å². The van der Waals surface area contributed by atoms with Gasteiger partial charge in [-0.2, -0.15) is 0 Å². The Morgan fingerprint density at radius 1 is 1.10 bits per heavy atom. The molecule has 0 aliphatic heterocycles. The van der Waals surface area contributed by atoms with Crippen molar-refractivity contribution >= 4 is 28.0 Å². The third-order valence-corrected chi connectivity index (χ3v) is 5.08. The molecular weight excluding hydrogens is 374 g/mol. The highest BCUT2D eigenvalue weighted by Crippen LogP contribution is 2.21. The smallest absolute Gasteiger partial charge is 0.340 e. The van der Waals surface area contributed by atoms with Crippen molar-refractivity contribution in [1.29, 1.82) is 0 Å². The summed E-state index contributed by atoms with van der Waals surface area (Å²) in [7, 11) is 5.15. The fourth-order valence-electron chi connectivity index (χ4n) is 3.56. The van der Waals surface area contributed by atoms with Crippen LogP contribution in [-0.4, -0.2) is 35.8 Å². The van der Waals surface area contributed by atoms with Gasteiger partial charge >= 0.3 is 11.7 Å². The number of aryl methyl sites for hydroxylation is 3. The Kier molecular flexibility index (Phi) is 4.57. The Labute approximate surface area is 165 Å². The van der Waals surface area contributed by atoms with Gasteiger partial charge < -0.3 is 13.9 Å². The third-order valence-electron chi connectivity index (χ3n) is 5.08. The molecule has 0 aliphatic carbocycles. The lowest BCUT2D eigenvalue weighted by Crippen LogP contribution is -2.39. The summed E-state index contributed by atoms with van der Waals surface area (Å²) in [6.07, 6.45) is 3.58. The largest absolute Gasteiger partial charge is 0.462 e. The zero-order chi connectivity index (χ0) is 20.7. The fourth-order valence-corrected chi connectivity index (χ4v) is 3.56. The fraction of sp³-hybridized carbons (Fsp3) is 0.300. The zero-order valence-electron chi connectivity index (χ0n) is 16.5. The highest BCUT2D eigenvalue weighted by Gasteiger charge is 2.16. The molecule has 0 spiro atoms. The number of hydrogen-bond acceptors (Lipinski definition) is 5. The van der Waals surface area contributed by atoms with E-state index in [9.17, 15) is 14.4 Å². The Balaban J connectivity index is 1.49. The molecule has 0 fully saturated rings. The summed E-state index contributed by atoms with van der Waals surface area (Å²) >= 11 is 0. The van der Waals surface area contributed by atoms with Gasteiger partial charge in [0.05, 0.1) is 18.5 Å². The monoisotopic (exact) mass is 395 g/mol. The minimum atomic E-state index is -0.443. The topological polar surface area (TPSA) is 93.1 Å². The molecule has 3 heterocycles. The molecule has 9 nitrogen and oxygen atoms in total. The molecule has 9 heteroatoms. The van der Waals surface area contributed by atoms with E-state index in [0.29, 0.717) is 23.1 Å². The molecule has 0 radical (unpaired) electrons. The van der Waals surface area contributed by atoms with E-state index >= 15 is 0 Å². The number of para-hydroxylation sites is 1. The van der Waals surface area contributed by atoms with Gasteiger partial charge in [-0.15, -0.1) is 0 Å². The number of nitrogens with zero attached hydrogens (tertiary/aromatic N) is 5. The standard InChI is InChI=1S/C20H21N5O4/c1-22-11-14(13-7-4-5-8-15(13)22)19(27)29-10-6-9-25-18(26)16-17(21-12-23(16)2)24(3)20(25)28/h4-5,7-8,11-12H,6,9-10H2,1-3H3. The van der Waals surface area contributed by atoms with Gasteiger partial charge in [0.1, 0.15) is 0 Å². The van der Waals surface area contributed by atoms with E-state index in [4.69, 9.17) is 4.74 Å². The van der Waals surface area contributed by atoms with Gasteiger partial charge in [0.25, 0.3) is 5.56 Å². The maximum absolute atomic E-state index is 12.7. The first-order valence-electron chi connectivity index (χ1n) is 9.22. The Morgan fingerprint density at radius 2 is 1.86 bits per heavy atom. The molecular formula is C20H21N5O4. The molecule has 0 saturated heterocycles. The molecule has 4 rings (SSSR count). The second-order valence-corrected chi connectivity index (χ2v) is 6.99. The van der Waals surface area contributed by atoms with E-state index < -0.39 is 17.2 Å². The van der Waals surface area contributed by atoms with Gasteiger partial charge in [-0.3, -0.25) is 13.9 Å². The number of esters is 1. The highest BCUT2D eigenvalue weighted by molar-refractivity contribution is 6.04. The number of benzene rings is 1. The van der Waals surface area contributed by atoms with Crippen molar-refractivity contribution in [2.75, 3.05) is 6.61 Å². The first-order valence-corrected chi connectivity index (χ1v) is 9.22. The van der Waals surface area contributed by atoms with E-state index in [1.165, 1.54) is 10.9 Å². The normalized spacial score (nSPS) is 11.4. The molecule has 3 aromatic heterocycles. The van der Waals surface area contributed by atoms with Crippen LogP contribution in [0.25, 0.3) is 22.1 Å². The Morgan fingerprint density at radius 3 is 2.66 bits per heavy atom. The van der Waals surface area contributed by atoms with Crippen molar-refractivity contribution in [3.8, 4) is 0 Å². The van der Waals surface area contributed by atoms with Crippen LogP contribution >= 0.6 is 0 Å². The lowest BCUT2D eigenvalue weighted by atomic mass is 10.2. The summed E-state index contributed by atoms with van der Waals surface area (Å²) < 4.78 is 11.3. The number of hydrogen-bond donors (Lipinski definition) is 0. The van der Waals surface area contributed by atoms with Gasteiger partial charge in [-0.05, 0) is 12.5 Å². The summed E-state index contributed by atoms with van der Waals surface area (Å²) in [5, 5.41) is 0.826. The minimum Gasteiger partial charge on any atom is -0.462 e. The van der Waals surface area contributed by atoms with Crippen LogP contribution in [0.5, 0.6) is 0 Å². The third kappa shape index (κ3) is 3.04. The predicted molar refractivity (Wildman–Crippen MR) is 108 cm³/mol. The van der Waals surface area contributed by atoms with E-state index in [2.05, 4.69) is 4.98 Å². The van der Waals surface area contributed by atoms with Gasteiger partial charge in [0, 0.05) is 44.8 Å². The van der Waals surface area contributed by atoms with E-state index in [-0.39, 0.29) is 13.2 Å². The number of fused-ring (bicyclic) bond motifs is 2. The van der Waals surface area contributed by atoms with E-state index in [0.717, 1.165) is 15.5 Å². The molecule has 0 amide bonds.